The van der Waals surface area contributed by atoms with Crippen LogP contribution in [0.2, 0.25) is 0 Å². The van der Waals surface area contributed by atoms with Gasteiger partial charge in [0.1, 0.15) is 4.90 Å². The summed E-state index contributed by atoms with van der Waals surface area (Å²) in [4.78, 5) is 24.9. The van der Waals surface area contributed by atoms with Gasteiger partial charge in [0.05, 0.1) is 18.2 Å². The molecule has 2 N–H and O–H groups in total. The minimum atomic E-state index is -4.04. The van der Waals surface area contributed by atoms with E-state index in [2.05, 4.69) is 10.0 Å². The van der Waals surface area contributed by atoms with Crippen LogP contribution in [0.1, 0.15) is 38.3 Å². The van der Waals surface area contributed by atoms with Gasteiger partial charge in [-0.3, -0.25) is 9.59 Å². The van der Waals surface area contributed by atoms with Gasteiger partial charge in [0.25, 0.3) is 5.91 Å². The number of carbonyl (C=O) groups excluding carboxylic acids is 2. The van der Waals surface area contributed by atoms with Crippen molar-refractivity contribution in [3.63, 3.8) is 0 Å². The molecule has 0 bridgehead atoms. The first-order chi connectivity index (χ1) is 16.6. The number of alkyl halides is 2. The third-order valence-corrected chi connectivity index (χ3v) is 7.69. The fourth-order valence-electron chi connectivity index (χ4n) is 4.02. The fraction of sp³-hybridized carbons (Fsp3) is 0.417. The maximum atomic E-state index is 13.6. The van der Waals surface area contributed by atoms with Gasteiger partial charge in [-0.05, 0) is 50.5 Å². The Morgan fingerprint density at radius 1 is 1.17 bits per heavy atom. The minimum Gasteiger partial charge on any atom is -0.466 e. The number of halogens is 2. The maximum Gasteiger partial charge on any atom is 0.310 e. The molecule has 0 aromatic heterocycles. The molecule has 0 saturated carbocycles. The quantitative estimate of drug-likeness (QED) is 0.363. The highest BCUT2D eigenvalue weighted by Gasteiger charge is 2.31. The smallest absolute Gasteiger partial charge is 0.310 e. The van der Waals surface area contributed by atoms with Crippen LogP contribution in [0.25, 0.3) is 0 Å². The van der Waals surface area contributed by atoms with Crippen LogP contribution in [0.3, 0.4) is 0 Å². The number of nitrogens with zero attached hydrogens (tertiary/aromatic N) is 1. The number of hydrogen-bond acceptors (Lipinski definition) is 6. The SMILES string of the molecule is CCOC(=O)[C@H]1CCCN(c2ccc(NC(=O)C(Cl)Cl)cc2S(=O)(=O)N[C@H](C)c2ccccc2)C1. The molecule has 1 aliphatic heterocycles. The maximum absolute atomic E-state index is 13.6. The van der Waals surface area contributed by atoms with Gasteiger partial charge >= 0.3 is 5.97 Å². The molecule has 35 heavy (non-hydrogen) atoms. The lowest BCUT2D eigenvalue weighted by Gasteiger charge is -2.34. The van der Waals surface area contributed by atoms with Gasteiger partial charge in [-0.25, -0.2) is 13.1 Å². The summed E-state index contributed by atoms with van der Waals surface area (Å²) in [6.07, 6.45) is 1.37. The number of esters is 1. The molecule has 2 atom stereocenters. The monoisotopic (exact) mass is 541 g/mol. The highest BCUT2D eigenvalue weighted by atomic mass is 35.5. The number of anilines is 2. The Kier molecular flexibility index (Phi) is 9.40. The van der Waals surface area contributed by atoms with Crippen molar-refractivity contribution in [1.29, 1.82) is 0 Å². The average Bonchev–Trinajstić information content (AvgIpc) is 2.84. The number of piperidine rings is 1. The van der Waals surface area contributed by atoms with Gasteiger partial charge in [-0.1, -0.05) is 53.5 Å². The summed E-state index contributed by atoms with van der Waals surface area (Å²) in [5, 5.41) is 2.53. The Morgan fingerprint density at radius 2 is 1.89 bits per heavy atom. The van der Waals surface area contributed by atoms with Crippen LogP contribution in [0.4, 0.5) is 11.4 Å². The summed E-state index contributed by atoms with van der Waals surface area (Å²) in [7, 11) is -4.04. The summed E-state index contributed by atoms with van der Waals surface area (Å²) < 4.78 is 35.0. The Labute approximate surface area is 216 Å². The van der Waals surface area contributed by atoms with Crippen molar-refractivity contribution in [1.82, 2.24) is 4.72 Å². The summed E-state index contributed by atoms with van der Waals surface area (Å²) in [5.74, 6) is -1.32. The first kappa shape index (κ1) is 27.3. The Bertz CT molecular complexity index is 1150. The number of nitrogens with one attached hydrogen (secondary N) is 2. The van der Waals surface area contributed by atoms with E-state index in [1.54, 1.807) is 26.0 Å². The van der Waals surface area contributed by atoms with E-state index < -0.39 is 26.8 Å². The molecule has 1 heterocycles. The standard InChI is InChI=1S/C24H29Cl2N3O5S/c1-3-34-24(31)18-10-7-13-29(15-18)20-12-11-19(27-23(30)22(25)26)14-21(20)35(32,33)28-16(2)17-8-5-4-6-9-17/h4-6,8-9,11-12,14,16,18,22,28H,3,7,10,13,15H2,1-2H3,(H,27,30)/t16-,18+/m1/s1. The van der Waals surface area contributed by atoms with Gasteiger partial charge in [-0.2, -0.15) is 0 Å². The molecule has 0 spiro atoms. The normalized spacial score (nSPS) is 17.2. The Morgan fingerprint density at radius 3 is 2.54 bits per heavy atom. The molecule has 0 aliphatic carbocycles. The predicted molar refractivity (Wildman–Crippen MR) is 137 cm³/mol. The van der Waals surface area contributed by atoms with Crippen LogP contribution in [0.5, 0.6) is 0 Å². The topological polar surface area (TPSA) is 105 Å². The van der Waals surface area contributed by atoms with E-state index in [4.69, 9.17) is 27.9 Å². The Balaban J connectivity index is 1.97. The van der Waals surface area contributed by atoms with E-state index in [1.165, 1.54) is 6.07 Å². The van der Waals surface area contributed by atoms with Gasteiger partial charge in [0.15, 0.2) is 4.84 Å². The molecule has 8 nitrogen and oxygen atoms in total. The lowest BCUT2D eigenvalue weighted by Crippen LogP contribution is -2.40. The molecule has 3 rings (SSSR count). The van der Waals surface area contributed by atoms with Crippen molar-refractivity contribution >= 4 is 56.5 Å². The molecule has 11 heteroatoms. The zero-order chi connectivity index (χ0) is 25.6. The van der Waals surface area contributed by atoms with E-state index >= 15 is 0 Å². The molecular formula is C24H29Cl2N3O5S. The fourth-order valence-corrected chi connectivity index (χ4v) is 5.61. The van der Waals surface area contributed by atoms with Crippen LogP contribution < -0.4 is 14.9 Å². The zero-order valence-corrected chi connectivity index (χ0v) is 21.9. The van der Waals surface area contributed by atoms with Crippen molar-refractivity contribution < 1.29 is 22.7 Å². The van der Waals surface area contributed by atoms with Crippen LogP contribution in [-0.4, -0.2) is 44.8 Å². The van der Waals surface area contributed by atoms with Gasteiger partial charge in [0, 0.05) is 24.8 Å². The minimum absolute atomic E-state index is 0.0247. The molecule has 2 aromatic rings. The van der Waals surface area contributed by atoms with Gasteiger partial charge in [-0.15, -0.1) is 0 Å². The van der Waals surface area contributed by atoms with E-state index in [-0.39, 0.29) is 29.1 Å². The molecule has 0 radical (unpaired) electrons. The second-order valence-corrected chi connectivity index (χ2v) is 11.0. The number of rotatable bonds is 9. The lowest BCUT2D eigenvalue weighted by molar-refractivity contribution is -0.148. The molecule has 1 amide bonds. The van der Waals surface area contributed by atoms with Crippen molar-refractivity contribution in [2.75, 3.05) is 29.9 Å². The first-order valence-electron chi connectivity index (χ1n) is 11.3. The van der Waals surface area contributed by atoms with Gasteiger partial charge < -0.3 is 15.0 Å². The summed E-state index contributed by atoms with van der Waals surface area (Å²) >= 11 is 11.3. The highest BCUT2D eigenvalue weighted by Crippen LogP contribution is 2.33. The second-order valence-electron chi connectivity index (χ2n) is 8.26. The first-order valence-corrected chi connectivity index (χ1v) is 13.7. The third kappa shape index (κ3) is 7.10. The summed E-state index contributed by atoms with van der Waals surface area (Å²) in [5.41, 5.74) is 1.46. The molecule has 0 unspecified atom stereocenters. The number of carbonyl (C=O) groups is 2. The predicted octanol–water partition coefficient (Wildman–Crippen LogP) is 4.25. The highest BCUT2D eigenvalue weighted by molar-refractivity contribution is 7.89. The average molecular weight is 542 g/mol. The van der Waals surface area contributed by atoms with Crippen molar-refractivity contribution in [3.8, 4) is 0 Å². The van der Waals surface area contributed by atoms with E-state index in [9.17, 15) is 18.0 Å². The second kappa shape index (κ2) is 12.1. The van der Waals surface area contributed by atoms with Crippen LogP contribution >= 0.6 is 23.2 Å². The van der Waals surface area contributed by atoms with Gasteiger partial charge in [0.2, 0.25) is 10.0 Å². The molecule has 1 aliphatic rings. The van der Waals surface area contributed by atoms with Crippen LogP contribution in [0.15, 0.2) is 53.4 Å². The van der Waals surface area contributed by atoms with Crippen LogP contribution in [0, 0.1) is 5.92 Å². The number of ether oxygens (including phenoxy) is 1. The van der Waals surface area contributed by atoms with E-state index in [1.807, 2.05) is 35.2 Å². The van der Waals surface area contributed by atoms with E-state index in [0.717, 1.165) is 5.56 Å². The molecular weight excluding hydrogens is 513 g/mol. The Hall–Kier alpha value is -2.33. The summed E-state index contributed by atoms with van der Waals surface area (Å²) in [6.45, 7) is 4.69. The number of benzene rings is 2. The lowest BCUT2D eigenvalue weighted by atomic mass is 9.97. The third-order valence-electron chi connectivity index (χ3n) is 5.73. The number of amides is 1. The molecule has 190 valence electrons. The van der Waals surface area contributed by atoms with Crippen molar-refractivity contribution in [2.45, 2.75) is 42.5 Å². The molecule has 1 saturated heterocycles. The zero-order valence-electron chi connectivity index (χ0n) is 19.5. The van der Waals surface area contributed by atoms with Crippen LogP contribution in [-0.2, 0) is 24.3 Å². The molecule has 2 aromatic carbocycles. The molecule has 1 fully saturated rings. The van der Waals surface area contributed by atoms with E-state index in [0.29, 0.717) is 31.6 Å². The largest absolute Gasteiger partial charge is 0.466 e. The summed E-state index contributed by atoms with van der Waals surface area (Å²) in [6, 6.07) is 13.2. The number of hydrogen-bond donors (Lipinski definition) is 2. The number of sulfonamides is 1. The van der Waals surface area contributed by atoms with Crippen molar-refractivity contribution in [2.24, 2.45) is 5.92 Å². The van der Waals surface area contributed by atoms with Crippen molar-refractivity contribution in [3.05, 3.63) is 54.1 Å².